The van der Waals surface area contributed by atoms with E-state index in [0.717, 1.165) is 12.5 Å². The molecule has 2 rings (SSSR count). The van der Waals surface area contributed by atoms with Crippen LogP contribution >= 0.6 is 0 Å². The van der Waals surface area contributed by atoms with Crippen molar-refractivity contribution in [3.8, 4) is 0 Å². The average Bonchev–Trinajstić information content (AvgIpc) is 2.57. The van der Waals surface area contributed by atoms with Gasteiger partial charge in [-0.1, -0.05) is 26.0 Å². The number of esters is 1. The second kappa shape index (κ2) is 8.60. The lowest BCUT2D eigenvalue weighted by Gasteiger charge is -2.34. The molecule has 6 nitrogen and oxygen atoms in total. The van der Waals surface area contributed by atoms with E-state index < -0.39 is 24.2 Å². The molecule has 1 heterocycles. The molecule has 1 aromatic rings. The summed E-state index contributed by atoms with van der Waals surface area (Å²) >= 11 is 0. The lowest BCUT2D eigenvalue weighted by Crippen LogP contribution is -2.44. The topological polar surface area (TPSA) is 75.7 Å². The van der Waals surface area contributed by atoms with Crippen molar-refractivity contribution >= 4 is 17.8 Å². The number of nitrogens with one attached hydrogen (secondary N) is 1. The summed E-state index contributed by atoms with van der Waals surface area (Å²) in [4.78, 5) is 37.3. The maximum atomic E-state index is 13.5. The Kier molecular flexibility index (Phi) is 6.50. The highest BCUT2D eigenvalue weighted by atomic mass is 19.1. The zero-order valence-electron chi connectivity index (χ0n) is 14.5. The summed E-state index contributed by atoms with van der Waals surface area (Å²) in [7, 11) is 0. The van der Waals surface area contributed by atoms with Crippen LogP contribution in [0.25, 0.3) is 0 Å². The summed E-state index contributed by atoms with van der Waals surface area (Å²) in [5.41, 5.74) is -0.150. The highest BCUT2D eigenvalue weighted by Crippen LogP contribution is 2.20. The minimum Gasteiger partial charge on any atom is -0.454 e. The Balaban J connectivity index is 1.74. The SMILES string of the molecule is CC1CC(C)CN(C(=O)COC(=O)CNC(=O)c2ccccc2F)C1. The van der Waals surface area contributed by atoms with Crippen LogP contribution in [0.5, 0.6) is 0 Å². The van der Waals surface area contributed by atoms with Crippen LogP contribution in [0.15, 0.2) is 24.3 Å². The fourth-order valence-electron chi connectivity index (χ4n) is 3.04. The predicted molar refractivity (Wildman–Crippen MR) is 89.2 cm³/mol. The van der Waals surface area contributed by atoms with E-state index in [1.807, 2.05) is 0 Å². The molecule has 1 fully saturated rings. The number of halogens is 1. The minimum atomic E-state index is -0.740. The van der Waals surface area contributed by atoms with Crippen LogP contribution in [0.4, 0.5) is 4.39 Å². The Morgan fingerprint density at radius 3 is 2.48 bits per heavy atom. The van der Waals surface area contributed by atoms with Crippen molar-refractivity contribution in [2.75, 3.05) is 26.2 Å². The normalized spacial score (nSPS) is 20.0. The molecule has 0 spiro atoms. The Hall–Kier alpha value is -2.44. The standard InChI is InChI=1S/C18H23FN2O4/c1-12-7-13(2)10-21(9-12)16(22)11-25-17(23)8-20-18(24)14-5-3-4-6-15(14)19/h3-6,12-13H,7-11H2,1-2H3,(H,20,24). The van der Waals surface area contributed by atoms with Crippen molar-refractivity contribution in [2.45, 2.75) is 20.3 Å². The zero-order chi connectivity index (χ0) is 18.4. The third-order valence-electron chi connectivity index (χ3n) is 4.09. The first-order chi connectivity index (χ1) is 11.9. The molecule has 2 amide bonds. The lowest BCUT2D eigenvalue weighted by molar-refractivity contribution is -0.152. The molecule has 1 aliphatic rings. The van der Waals surface area contributed by atoms with Crippen molar-refractivity contribution in [3.63, 3.8) is 0 Å². The van der Waals surface area contributed by atoms with Crippen molar-refractivity contribution in [2.24, 2.45) is 11.8 Å². The maximum Gasteiger partial charge on any atom is 0.325 e. The van der Waals surface area contributed by atoms with Crippen LogP contribution in [0.1, 0.15) is 30.6 Å². The molecule has 0 saturated carbocycles. The van der Waals surface area contributed by atoms with Gasteiger partial charge < -0.3 is 15.0 Å². The van der Waals surface area contributed by atoms with E-state index in [4.69, 9.17) is 4.74 Å². The number of benzene rings is 1. The number of rotatable bonds is 5. The van der Waals surface area contributed by atoms with Crippen molar-refractivity contribution in [1.82, 2.24) is 10.2 Å². The fraction of sp³-hybridized carbons (Fsp3) is 0.500. The van der Waals surface area contributed by atoms with Gasteiger partial charge in [0.05, 0.1) is 5.56 Å². The number of amides is 2. The van der Waals surface area contributed by atoms with Crippen LogP contribution in [-0.4, -0.2) is 48.9 Å². The predicted octanol–water partition coefficient (Wildman–Crippen LogP) is 1.60. The van der Waals surface area contributed by atoms with E-state index >= 15 is 0 Å². The number of carbonyl (C=O) groups is 3. The number of ether oxygens (including phenoxy) is 1. The number of hydrogen-bond donors (Lipinski definition) is 1. The van der Waals surface area contributed by atoms with Gasteiger partial charge in [-0.2, -0.15) is 0 Å². The third kappa shape index (κ3) is 5.55. The van der Waals surface area contributed by atoms with Gasteiger partial charge in [0.1, 0.15) is 12.4 Å². The summed E-state index contributed by atoms with van der Waals surface area (Å²) in [6.07, 6.45) is 1.08. The Bertz CT molecular complexity index is 640. The van der Waals surface area contributed by atoms with Crippen LogP contribution in [0.3, 0.4) is 0 Å². The molecule has 1 saturated heterocycles. The molecule has 1 N–H and O–H groups in total. The highest BCUT2D eigenvalue weighted by molar-refractivity contribution is 5.96. The Morgan fingerprint density at radius 1 is 1.20 bits per heavy atom. The first-order valence-corrected chi connectivity index (χ1v) is 8.33. The number of likely N-dealkylation sites (tertiary alicyclic amines) is 1. The van der Waals surface area contributed by atoms with E-state index in [0.29, 0.717) is 24.9 Å². The molecule has 0 radical (unpaired) electrons. The molecule has 136 valence electrons. The molecular weight excluding hydrogens is 327 g/mol. The monoisotopic (exact) mass is 350 g/mol. The molecular formula is C18H23FN2O4. The summed E-state index contributed by atoms with van der Waals surface area (Å²) < 4.78 is 18.4. The van der Waals surface area contributed by atoms with Gasteiger partial charge in [0.15, 0.2) is 6.61 Å². The van der Waals surface area contributed by atoms with E-state index in [1.54, 1.807) is 4.90 Å². The summed E-state index contributed by atoms with van der Waals surface area (Å²) in [5, 5.41) is 2.28. The zero-order valence-corrected chi connectivity index (χ0v) is 14.5. The largest absolute Gasteiger partial charge is 0.454 e. The van der Waals surface area contributed by atoms with E-state index in [1.165, 1.54) is 18.2 Å². The van der Waals surface area contributed by atoms with Crippen molar-refractivity contribution in [1.29, 1.82) is 0 Å². The molecule has 2 unspecified atom stereocenters. The lowest BCUT2D eigenvalue weighted by atomic mass is 9.92. The van der Waals surface area contributed by atoms with Gasteiger partial charge in [-0.3, -0.25) is 14.4 Å². The second-order valence-electron chi connectivity index (χ2n) is 6.57. The summed E-state index contributed by atoms with van der Waals surface area (Å²) in [5.74, 6) is -1.52. The van der Waals surface area contributed by atoms with Gasteiger partial charge >= 0.3 is 5.97 Å². The van der Waals surface area contributed by atoms with Gasteiger partial charge in [0, 0.05) is 13.1 Å². The molecule has 0 aromatic heterocycles. The van der Waals surface area contributed by atoms with Gasteiger partial charge in [-0.25, -0.2) is 4.39 Å². The van der Waals surface area contributed by atoms with E-state index in [2.05, 4.69) is 19.2 Å². The van der Waals surface area contributed by atoms with Gasteiger partial charge in [0.25, 0.3) is 11.8 Å². The van der Waals surface area contributed by atoms with Crippen LogP contribution in [0.2, 0.25) is 0 Å². The number of carbonyl (C=O) groups excluding carboxylic acids is 3. The molecule has 7 heteroatoms. The second-order valence-corrected chi connectivity index (χ2v) is 6.57. The number of hydrogen-bond acceptors (Lipinski definition) is 4. The molecule has 25 heavy (non-hydrogen) atoms. The summed E-state index contributed by atoms with van der Waals surface area (Å²) in [6, 6.07) is 5.47. The van der Waals surface area contributed by atoms with Gasteiger partial charge in [-0.15, -0.1) is 0 Å². The number of nitrogens with zero attached hydrogens (tertiary/aromatic N) is 1. The quantitative estimate of drug-likeness (QED) is 0.819. The van der Waals surface area contributed by atoms with E-state index in [-0.39, 0.29) is 18.1 Å². The molecule has 0 aliphatic carbocycles. The van der Waals surface area contributed by atoms with Crippen LogP contribution in [0, 0.1) is 17.7 Å². The first-order valence-electron chi connectivity index (χ1n) is 8.33. The number of piperidine rings is 1. The Morgan fingerprint density at radius 2 is 1.84 bits per heavy atom. The molecule has 1 aromatic carbocycles. The molecule has 0 bridgehead atoms. The fourth-order valence-corrected chi connectivity index (χ4v) is 3.04. The van der Waals surface area contributed by atoms with Crippen molar-refractivity contribution in [3.05, 3.63) is 35.6 Å². The summed E-state index contributed by atoms with van der Waals surface area (Å²) in [6.45, 7) is 4.71. The minimum absolute atomic E-state index is 0.150. The Labute approximate surface area is 146 Å². The van der Waals surface area contributed by atoms with E-state index in [9.17, 15) is 18.8 Å². The maximum absolute atomic E-state index is 13.5. The average molecular weight is 350 g/mol. The van der Waals surface area contributed by atoms with Crippen LogP contribution < -0.4 is 5.32 Å². The third-order valence-corrected chi connectivity index (χ3v) is 4.09. The smallest absolute Gasteiger partial charge is 0.325 e. The molecule has 2 atom stereocenters. The van der Waals surface area contributed by atoms with Gasteiger partial charge in [-0.05, 0) is 30.4 Å². The first kappa shape index (κ1) is 18.9. The van der Waals surface area contributed by atoms with Gasteiger partial charge in [0.2, 0.25) is 0 Å². The van der Waals surface area contributed by atoms with Crippen molar-refractivity contribution < 1.29 is 23.5 Å². The molecule has 1 aliphatic heterocycles. The van der Waals surface area contributed by atoms with Crippen LogP contribution in [-0.2, 0) is 14.3 Å². The highest BCUT2D eigenvalue weighted by Gasteiger charge is 2.26.